The van der Waals surface area contributed by atoms with Crippen LogP contribution in [0.5, 0.6) is 0 Å². The Bertz CT molecular complexity index is 612. The highest BCUT2D eigenvalue weighted by Gasteiger charge is 2.30. The summed E-state index contributed by atoms with van der Waals surface area (Å²) in [5.74, 6) is -2.12. The summed E-state index contributed by atoms with van der Waals surface area (Å²) in [5.41, 5.74) is 0.502. The van der Waals surface area contributed by atoms with Gasteiger partial charge in [0.1, 0.15) is 6.04 Å². The van der Waals surface area contributed by atoms with Gasteiger partial charge in [0.2, 0.25) is 5.91 Å². The van der Waals surface area contributed by atoms with E-state index in [2.05, 4.69) is 10.1 Å². The van der Waals surface area contributed by atoms with E-state index >= 15 is 0 Å². The van der Waals surface area contributed by atoms with Crippen LogP contribution in [0, 0.1) is 0 Å². The third-order valence-corrected chi connectivity index (χ3v) is 3.75. The number of para-hydroxylation sites is 1. The van der Waals surface area contributed by atoms with Crippen molar-refractivity contribution in [2.75, 3.05) is 38.7 Å². The summed E-state index contributed by atoms with van der Waals surface area (Å²) in [6.07, 6.45) is -0.327. The molecule has 0 spiro atoms. The van der Waals surface area contributed by atoms with Gasteiger partial charge in [0.15, 0.2) is 0 Å². The molecule has 0 saturated carbocycles. The van der Waals surface area contributed by atoms with Crippen LogP contribution in [0.25, 0.3) is 0 Å². The molecule has 0 aromatic heterocycles. The predicted molar refractivity (Wildman–Crippen MR) is 84.8 cm³/mol. The molecule has 0 radical (unpaired) electrons. The SMILES string of the molecule is COC(=O)c1ccccc1NC(=O)C(CC(=O)O)N1CCOCC1. The van der Waals surface area contributed by atoms with Gasteiger partial charge in [-0.2, -0.15) is 0 Å². The molecule has 24 heavy (non-hydrogen) atoms. The van der Waals surface area contributed by atoms with Gasteiger partial charge in [-0.1, -0.05) is 12.1 Å². The Morgan fingerprint density at radius 3 is 2.58 bits per heavy atom. The number of anilines is 1. The zero-order valence-corrected chi connectivity index (χ0v) is 13.4. The Labute approximate surface area is 139 Å². The molecule has 1 aliphatic rings. The molecule has 2 N–H and O–H groups in total. The number of ether oxygens (including phenoxy) is 2. The van der Waals surface area contributed by atoms with E-state index in [0.717, 1.165) is 0 Å². The molecular formula is C16H20N2O6. The summed E-state index contributed by atoms with van der Waals surface area (Å²) in [5, 5.41) is 11.7. The molecule has 1 fully saturated rings. The number of carboxylic acid groups (broad SMARTS) is 1. The minimum atomic E-state index is -1.07. The lowest BCUT2D eigenvalue weighted by Crippen LogP contribution is -2.50. The fraction of sp³-hybridized carbons (Fsp3) is 0.438. The number of aliphatic carboxylic acids is 1. The first-order valence-corrected chi connectivity index (χ1v) is 7.54. The van der Waals surface area contributed by atoms with Crippen molar-refractivity contribution in [3.05, 3.63) is 29.8 Å². The molecule has 8 nitrogen and oxygen atoms in total. The number of carboxylic acids is 1. The number of methoxy groups -OCH3 is 1. The van der Waals surface area contributed by atoms with Crippen LogP contribution in [0.3, 0.4) is 0 Å². The first kappa shape index (κ1) is 17.9. The van der Waals surface area contributed by atoms with Crippen LogP contribution in [-0.2, 0) is 19.1 Å². The third kappa shape index (κ3) is 4.53. The number of nitrogens with zero attached hydrogens (tertiary/aromatic N) is 1. The second-order valence-corrected chi connectivity index (χ2v) is 5.29. The lowest BCUT2D eigenvalue weighted by molar-refractivity contribution is -0.141. The normalized spacial score (nSPS) is 16.2. The lowest BCUT2D eigenvalue weighted by Gasteiger charge is -2.32. The quantitative estimate of drug-likeness (QED) is 0.732. The van der Waals surface area contributed by atoms with E-state index in [-0.39, 0.29) is 17.7 Å². The van der Waals surface area contributed by atoms with E-state index in [1.807, 2.05) is 0 Å². The maximum absolute atomic E-state index is 12.6. The van der Waals surface area contributed by atoms with Gasteiger partial charge in [0, 0.05) is 13.1 Å². The van der Waals surface area contributed by atoms with E-state index in [0.29, 0.717) is 26.3 Å². The molecule has 1 atom stereocenters. The number of hydrogen-bond acceptors (Lipinski definition) is 6. The fourth-order valence-electron chi connectivity index (χ4n) is 2.54. The van der Waals surface area contributed by atoms with Crippen LogP contribution in [0.15, 0.2) is 24.3 Å². The smallest absolute Gasteiger partial charge is 0.339 e. The third-order valence-electron chi connectivity index (χ3n) is 3.75. The van der Waals surface area contributed by atoms with E-state index in [1.165, 1.54) is 13.2 Å². The summed E-state index contributed by atoms with van der Waals surface area (Å²) in [6.45, 7) is 1.85. The molecule has 1 aromatic carbocycles. The minimum absolute atomic E-state index is 0.212. The first-order valence-electron chi connectivity index (χ1n) is 7.54. The highest BCUT2D eigenvalue weighted by atomic mass is 16.5. The van der Waals surface area contributed by atoms with Gasteiger partial charge in [-0.3, -0.25) is 14.5 Å². The summed E-state index contributed by atoms with van der Waals surface area (Å²) in [6, 6.07) is 5.59. The molecule has 0 aliphatic carbocycles. The van der Waals surface area contributed by atoms with Gasteiger partial charge in [0.05, 0.1) is 38.0 Å². The number of benzene rings is 1. The molecule has 1 saturated heterocycles. The second kappa shape index (κ2) is 8.42. The van der Waals surface area contributed by atoms with E-state index < -0.39 is 23.9 Å². The van der Waals surface area contributed by atoms with Crippen LogP contribution in [0.4, 0.5) is 5.69 Å². The Hall–Kier alpha value is -2.45. The van der Waals surface area contributed by atoms with Gasteiger partial charge in [0.25, 0.3) is 0 Å². The number of amides is 1. The zero-order valence-electron chi connectivity index (χ0n) is 13.4. The molecule has 0 bridgehead atoms. The predicted octanol–water partition coefficient (Wildman–Crippen LogP) is 0.587. The van der Waals surface area contributed by atoms with Gasteiger partial charge in [-0.25, -0.2) is 4.79 Å². The highest BCUT2D eigenvalue weighted by Crippen LogP contribution is 2.18. The summed E-state index contributed by atoms with van der Waals surface area (Å²) < 4.78 is 9.92. The molecule has 1 aliphatic heterocycles. The minimum Gasteiger partial charge on any atom is -0.481 e. The summed E-state index contributed by atoms with van der Waals surface area (Å²) >= 11 is 0. The molecule has 8 heteroatoms. The fourth-order valence-corrected chi connectivity index (χ4v) is 2.54. The van der Waals surface area contributed by atoms with Crippen molar-refractivity contribution in [1.82, 2.24) is 4.90 Å². The van der Waals surface area contributed by atoms with Crippen LogP contribution >= 0.6 is 0 Å². The number of carbonyl (C=O) groups excluding carboxylic acids is 2. The Kier molecular flexibility index (Phi) is 6.28. The highest BCUT2D eigenvalue weighted by molar-refractivity contribution is 6.03. The topological polar surface area (TPSA) is 105 Å². The Morgan fingerprint density at radius 2 is 1.96 bits per heavy atom. The van der Waals surface area contributed by atoms with Crippen LogP contribution in [0.2, 0.25) is 0 Å². The Balaban J connectivity index is 2.18. The van der Waals surface area contributed by atoms with E-state index in [1.54, 1.807) is 23.1 Å². The van der Waals surface area contributed by atoms with Gasteiger partial charge >= 0.3 is 11.9 Å². The molecule has 1 unspecified atom stereocenters. The Morgan fingerprint density at radius 1 is 1.29 bits per heavy atom. The monoisotopic (exact) mass is 336 g/mol. The van der Waals surface area contributed by atoms with E-state index in [4.69, 9.17) is 9.84 Å². The number of hydrogen-bond donors (Lipinski definition) is 2. The van der Waals surface area contributed by atoms with Crippen molar-refractivity contribution in [3.63, 3.8) is 0 Å². The number of esters is 1. The summed E-state index contributed by atoms with van der Waals surface area (Å²) in [7, 11) is 1.25. The van der Waals surface area contributed by atoms with Crippen LogP contribution in [0.1, 0.15) is 16.8 Å². The number of carbonyl (C=O) groups is 3. The maximum Gasteiger partial charge on any atom is 0.339 e. The molecule has 130 valence electrons. The molecule has 1 amide bonds. The second-order valence-electron chi connectivity index (χ2n) is 5.29. The molecular weight excluding hydrogens is 316 g/mol. The van der Waals surface area contributed by atoms with Crippen molar-refractivity contribution in [1.29, 1.82) is 0 Å². The largest absolute Gasteiger partial charge is 0.481 e. The maximum atomic E-state index is 12.6. The van der Waals surface area contributed by atoms with Crippen LogP contribution < -0.4 is 5.32 Å². The van der Waals surface area contributed by atoms with Crippen molar-refractivity contribution < 1.29 is 29.0 Å². The van der Waals surface area contributed by atoms with Crippen molar-refractivity contribution in [2.24, 2.45) is 0 Å². The number of morpholine rings is 1. The average Bonchev–Trinajstić information content (AvgIpc) is 2.60. The van der Waals surface area contributed by atoms with E-state index in [9.17, 15) is 14.4 Å². The standard InChI is InChI=1S/C16H20N2O6/c1-23-16(22)11-4-2-3-5-12(11)17-15(21)13(10-14(19)20)18-6-8-24-9-7-18/h2-5,13H,6-10H2,1H3,(H,17,21)(H,19,20). The van der Waals surface area contributed by atoms with Gasteiger partial charge < -0.3 is 19.9 Å². The van der Waals surface area contributed by atoms with Crippen molar-refractivity contribution in [2.45, 2.75) is 12.5 Å². The van der Waals surface area contributed by atoms with Crippen molar-refractivity contribution >= 4 is 23.5 Å². The number of rotatable bonds is 6. The van der Waals surface area contributed by atoms with Crippen LogP contribution in [-0.4, -0.2) is 67.3 Å². The number of nitrogens with one attached hydrogen (secondary N) is 1. The van der Waals surface area contributed by atoms with Gasteiger partial charge in [-0.15, -0.1) is 0 Å². The summed E-state index contributed by atoms with van der Waals surface area (Å²) in [4.78, 5) is 37.3. The first-order chi connectivity index (χ1) is 11.5. The molecule has 1 aromatic rings. The average molecular weight is 336 g/mol. The van der Waals surface area contributed by atoms with Crippen molar-refractivity contribution in [3.8, 4) is 0 Å². The molecule has 1 heterocycles. The molecule has 2 rings (SSSR count). The zero-order chi connectivity index (χ0) is 17.5. The lowest BCUT2D eigenvalue weighted by atomic mass is 10.1. The van der Waals surface area contributed by atoms with Gasteiger partial charge in [-0.05, 0) is 12.1 Å².